The van der Waals surface area contributed by atoms with Crippen LogP contribution >= 0.6 is 11.6 Å². The van der Waals surface area contributed by atoms with Crippen LogP contribution in [0.2, 0.25) is 5.15 Å². The van der Waals surface area contributed by atoms with Crippen LogP contribution in [-0.4, -0.2) is 35.2 Å². The van der Waals surface area contributed by atoms with E-state index in [-0.39, 0.29) is 12.4 Å². The minimum atomic E-state index is -0.617. The van der Waals surface area contributed by atoms with Crippen molar-refractivity contribution in [3.8, 4) is 5.75 Å². The Morgan fingerprint density at radius 1 is 1.26 bits per heavy atom. The number of ketones is 1. The number of halogens is 1. The predicted octanol–water partition coefficient (Wildman–Crippen LogP) is 4.09. The first-order valence-corrected chi connectivity index (χ1v) is 9.09. The summed E-state index contributed by atoms with van der Waals surface area (Å²) >= 11 is 6.31. The number of unbranched alkanes of at least 4 members (excludes halogenated alkanes) is 1. The fourth-order valence-electron chi connectivity index (χ4n) is 2.41. The van der Waals surface area contributed by atoms with Gasteiger partial charge in [-0.1, -0.05) is 24.9 Å². The van der Waals surface area contributed by atoms with Crippen LogP contribution in [0, 0.1) is 6.92 Å². The van der Waals surface area contributed by atoms with Crippen molar-refractivity contribution in [1.29, 1.82) is 0 Å². The zero-order valence-corrected chi connectivity index (χ0v) is 16.5. The van der Waals surface area contributed by atoms with Gasteiger partial charge in [0, 0.05) is 23.7 Å². The number of aryl methyl sites for hydroxylation is 2. The standard InChI is InChI=1S/C20H23ClN2O4/c1-4-5-12-23-20(21)17(14(2)22-23)10-11-19(25)27-13-18(24)15-6-8-16(26-3)9-7-15/h6-11H,4-5,12-13H2,1-3H3/b11-10+. The number of hydrogen-bond donors (Lipinski definition) is 0. The lowest BCUT2D eigenvalue weighted by Gasteiger charge is -2.03. The fourth-order valence-corrected chi connectivity index (χ4v) is 2.73. The van der Waals surface area contributed by atoms with Gasteiger partial charge in [-0.05, 0) is 43.7 Å². The number of nitrogens with zero attached hydrogens (tertiary/aromatic N) is 2. The molecule has 7 heteroatoms. The van der Waals surface area contributed by atoms with Crippen molar-refractivity contribution < 1.29 is 19.1 Å². The summed E-state index contributed by atoms with van der Waals surface area (Å²) in [5, 5.41) is 4.86. The van der Waals surface area contributed by atoms with E-state index in [0.717, 1.165) is 25.1 Å². The minimum absolute atomic E-state index is 0.291. The fraction of sp³-hybridized carbons (Fsp3) is 0.350. The average Bonchev–Trinajstić information content (AvgIpc) is 2.95. The molecular formula is C20H23ClN2O4. The van der Waals surface area contributed by atoms with Crippen molar-refractivity contribution in [2.24, 2.45) is 0 Å². The Balaban J connectivity index is 1.93. The lowest BCUT2D eigenvalue weighted by Crippen LogP contribution is -2.12. The van der Waals surface area contributed by atoms with E-state index in [2.05, 4.69) is 12.0 Å². The molecule has 0 saturated heterocycles. The molecule has 1 aromatic heterocycles. The number of benzene rings is 1. The topological polar surface area (TPSA) is 70.4 Å². The highest BCUT2D eigenvalue weighted by Gasteiger charge is 2.12. The molecule has 0 unspecified atom stereocenters. The number of Topliss-reactive ketones (excluding diaryl/α,β-unsaturated/α-hetero) is 1. The van der Waals surface area contributed by atoms with E-state index in [4.69, 9.17) is 21.1 Å². The normalized spacial score (nSPS) is 11.0. The van der Waals surface area contributed by atoms with Gasteiger partial charge in [-0.2, -0.15) is 5.10 Å². The molecule has 0 amide bonds. The van der Waals surface area contributed by atoms with E-state index in [1.807, 2.05) is 6.92 Å². The zero-order chi connectivity index (χ0) is 19.8. The minimum Gasteiger partial charge on any atom is -0.497 e. The average molecular weight is 391 g/mol. The van der Waals surface area contributed by atoms with E-state index in [1.54, 1.807) is 42.1 Å². The third-order valence-electron chi connectivity index (χ3n) is 3.98. The number of carbonyl (C=O) groups is 2. The van der Waals surface area contributed by atoms with Crippen molar-refractivity contribution in [2.75, 3.05) is 13.7 Å². The summed E-state index contributed by atoms with van der Waals surface area (Å²) in [4.78, 5) is 24.0. The summed E-state index contributed by atoms with van der Waals surface area (Å²) < 4.78 is 11.8. The molecule has 2 aromatic rings. The monoisotopic (exact) mass is 390 g/mol. The Labute approximate surface area is 163 Å². The maximum absolute atomic E-state index is 12.1. The molecule has 0 saturated carbocycles. The summed E-state index contributed by atoms with van der Waals surface area (Å²) in [7, 11) is 1.55. The van der Waals surface area contributed by atoms with E-state index in [1.165, 1.54) is 6.08 Å². The lowest BCUT2D eigenvalue weighted by atomic mass is 10.1. The molecule has 0 N–H and O–H groups in total. The number of methoxy groups -OCH3 is 1. The third-order valence-corrected chi connectivity index (χ3v) is 4.38. The van der Waals surface area contributed by atoms with Gasteiger partial charge in [0.15, 0.2) is 12.4 Å². The highest BCUT2D eigenvalue weighted by Crippen LogP contribution is 2.21. The van der Waals surface area contributed by atoms with Gasteiger partial charge in [0.25, 0.3) is 0 Å². The highest BCUT2D eigenvalue weighted by atomic mass is 35.5. The molecule has 2 rings (SSSR count). The van der Waals surface area contributed by atoms with Crippen molar-refractivity contribution in [3.05, 3.63) is 52.3 Å². The van der Waals surface area contributed by atoms with Crippen molar-refractivity contribution >= 4 is 29.4 Å². The van der Waals surface area contributed by atoms with Gasteiger partial charge in [0.05, 0.1) is 12.8 Å². The van der Waals surface area contributed by atoms with E-state index >= 15 is 0 Å². The molecule has 0 aliphatic rings. The SMILES string of the molecule is CCCCn1nc(C)c(/C=C/C(=O)OCC(=O)c2ccc(OC)cc2)c1Cl. The second-order valence-electron chi connectivity index (χ2n) is 5.96. The molecule has 6 nitrogen and oxygen atoms in total. The molecule has 0 atom stereocenters. The van der Waals surface area contributed by atoms with Gasteiger partial charge in [-0.15, -0.1) is 0 Å². The molecule has 144 valence electrons. The van der Waals surface area contributed by atoms with Crippen LogP contribution in [0.4, 0.5) is 0 Å². The van der Waals surface area contributed by atoms with Crippen molar-refractivity contribution in [1.82, 2.24) is 9.78 Å². The first kappa shape index (κ1) is 20.7. The Bertz CT molecular complexity index is 825. The lowest BCUT2D eigenvalue weighted by molar-refractivity contribution is -0.136. The van der Waals surface area contributed by atoms with Gasteiger partial charge in [0.1, 0.15) is 10.9 Å². The molecular weight excluding hydrogens is 368 g/mol. The Kier molecular flexibility index (Phi) is 7.61. The quantitative estimate of drug-likeness (QED) is 0.366. The molecule has 0 fully saturated rings. The van der Waals surface area contributed by atoms with E-state index < -0.39 is 5.97 Å². The molecule has 27 heavy (non-hydrogen) atoms. The molecule has 0 radical (unpaired) electrons. The number of esters is 1. The Morgan fingerprint density at radius 3 is 2.59 bits per heavy atom. The summed E-state index contributed by atoms with van der Waals surface area (Å²) in [5.41, 5.74) is 1.85. The molecule has 0 spiro atoms. The van der Waals surface area contributed by atoms with Crippen LogP contribution < -0.4 is 4.74 Å². The Morgan fingerprint density at radius 2 is 1.96 bits per heavy atom. The predicted molar refractivity (Wildman–Crippen MR) is 104 cm³/mol. The van der Waals surface area contributed by atoms with Gasteiger partial charge >= 0.3 is 5.97 Å². The number of rotatable bonds is 9. The molecule has 1 aromatic carbocycles. The maximum atomic E-state index is 12.1. The van der Waals surface area contributed by atoms with Crippen LogP contribution in [0.1, 0.15) is 41.4 Å². The number of hydrogen-bond acceptors (Lipinski definition) is 5. The zero-order valence-electron chi connectivity index (χ0n) is 15.7. The van der Waals surface area contributed by atoms with Crippen molar-refractivity contribution in [3.63, 3.8) is 0 Å². The smallest absolute Gasteiger partial charge is 0.331 e. The van der Waals surface area contributed by atoms with Crippen LogP contribution in [0.5, 0.6) is 5.75 Å². The Hall–Kier alpha value is -2.60. The maximum Gasteiger partial charge on any atom is 0.331 e. The van der Waals surface area contributed by atoms with E-state index in [0.29, 0.717) is 22.0 Å². The number of carbonyl (C=O) groups excluding carboxylic acids is 2. The van der Waals surface area contributed by atoms with Gasteiger partial charge in [-0.25, -0.2) is 4.79 Å². The second-order valence-corrected chi connectivity index (χ2v) is 6.32. The van der Waals surface area contributed by atoms with Crippen LogP contribution in [-0.2, 0) is 16.1 Å². The van der Waals surface area contributed by atoms with Gasteiger partial charge < -0.3 is 9.47 Å². The van der Waals surface area contributed by atoms with Crippen LogP contribution in [0.3, 0.4) is 0 Å². The third kappa shape index (κ3) is 5.69. The van der Waals surface area contributed by atoms with Gasteiger partial charge in [0.2, 0.25) is 0 Å². The van der Waals surface area contributed by atoms with Crippen LogP contribution in [0.25, 0.3) is 6.08 Å². The van der Waals surface area contributed by atoms with Crippen molar-refractivity contribution in [2.45, 2.75) is 33.2 Å². The summed E-state index contributed by atoms with van der Waals surface area (Å²) in [5.74, 6) is -0.257. The highest BCUT2D eigenvalue weighted by molar-refractivity contribution is 6.31. The number of ether oxygens (including phenoxy) is 2. The number of aromatic nitrogens is 2. The molecule has 1 heterocycles. The second kappa shape index (κ2) is 9.92. The molecule has 0 aliphatic heterocycles. The summed E-state index contributed by atoms with van der Waals surface area (Å²) in [6.45, 7) is 4.31. The van der Waals surface area contributed by atoms with E-state index in [9.17, 15) is 9.59 Å². The molecule has 0 bridgehead atoms. The van der Waals surface area contributed by atoms with Gasteiger partial charge in [-0.3, -0.25) is 9.48 Å². The largest absolute Gasteiger partial charge is 0.497 e. The molecule has 0 aliphatic carbocycles. The van der Waals surface area contributed by atoms with Crippen LogP contribution in [0.15, 0.2) is 30.3 Å². The first-order chi connectivity index (χ1) is 13.0. The first-order valence-electron chi connectivity index (χ1n) is 8.71. The summed E-state index contributed by atoms with van der Waals surface area (Å²) in [6.07, 6.45) is 4.82. The summed E-state index contributed by atoms with van der Waals surface area (Å²) in [6, 6.07) is 6.60.